The zero-order chi connectivity index (χ0) is 12.7. The minimum atomic E-state index is -0.575. The largest absolute Gasteiger partial charge is 0.396 e. The Morgan fingerprint density at radius 1 is 1.41 bits per heavy atom. The van der Waals surface area contributed by atoms with Crippen molar-refractivity contribution in [3.63, 3.8) is 0 Å². The van der Waals surface area contributed by atoms with Crippen molar-refractivity contribution in [1.29, 1.82) is 5.26 Å². The molecule has 1 rings (SSSR count). The molecule has 0 amide bonds. The molecule has 0 saturated carbocycles. The van der Waals surface area contributed by atoms with E-state index in [2.05, 4.69) is 13.0 Å². The fourth-order valence-electron chi connectivity index (χ4n) is 2.20. The number of aliphatic hydroxyl groups is 1. The van der Waals surface area contributed by atoms with Crippen LogP contribution in [0.4, 0.5) is 0 Å². The Morgan fingerprint density at radius 2 is 2.18 bits per heavy atom. The van der Waals surface area contributed by atoms with Crippen molar-refractivity contribution in [1.82, 2.24) is 0 Å². The molecule has 1 aromatic carbocycles. The summed E-state index contributed by atoms with van der Waals surface area (Å²) in [6, 6.07) is 10.2. The molecule has 0 fully saturated rings. The van der Waals surface area contributed by atoms with Gasteiger partial charge < -0.3 is 5.11 Å². The SMILES string of the molecule is [B]Cc1cccc(C(C#N)(CCC)CCO)c1. The highest BCUT2D eigenvalue weighted by molar-refractivity contribution is 6.08. The van der Waals surface area contributed by atoms with Crippen molar-refractivity contribution in [2.24, 2.45) is 0 Å². The van der Waals surface area contributed by atoms with E-state index in [4.69, 9.17) is 7.85 Å². The highest BCUT2D eigenvalue weighted by Crippen LogP contribution is 2.32. The van der Waals surface area contributed by atoms with Crippen LogP contribution >= 0.6 is 0 Å². The van der Waals surface area contributed by atoms with Gasteiger partial charge in [0.05, 0.1) is 19.3 Å². The quantitative estimate of drug-likeness (QED) is 0.757. The Balaban J connectivity index is 3.15. The molecule has 88 valence electrons. The van der Waals surface area contributed by atoms with Crippen molar-refractivity contribution >= 4 is 7.85 Å². The van der Waals surface area contributed by atoms with Gasteiger partial charge in [-0.05, 0) is 18.4 Å². The molecule has 0 heterocycles. The number of hydrogen-bond donors (Lipinski definition) is 1. The first kappa shape index (κ1) is 13.8. The first-order valence-corrected chi connectivity index (χ1v) is 6.04. The Labute approximate surface area is 105 Å². The predicted molar refractivity (Wildman–Crippen MR) is 69.8 cm³/mol. The molecule has 1 unspecified atom stereocenters. The Hall–Kier alpha value is -1.27. The van der Waals surface area contributed by atoms with Gasteiger partial charge in [0.15, 0.2) is 0 Å². The van der Waals surface area contributed by atoms with Gasteiger partial charge in [0.2, 0.25) is 0 Å². The summed E-state index contributed by atoms with van der Waals surface area (Å²) in [5.74, 6) is 0. The summed E-state index contributed by atoms with van der Waals surface area (Å²) in [4.78, 5) is 0. The maximum atomic E-state index is 9.46. The monoisotopic (exact) mass is 227 g/mol. The number of hydrogen-bond acceptors (Lipinski definition) is 2. The van der Waals surface area contributed by atoms with E-state index in [1.165, 1.54) is 0 Å². The van der Waals surface area contributed by atoms with Crippen LogP contribution in [-0.2, 0) is 11.7 Å². The molecular formula is C14H18BNO. The third-order valence-corrected chi connectivity index (χ3v) is 3.14. The Bertz CT molecular complexity index is 391. The van der Waals surface area contributed by atoms with Crippen LogP contribution < -0.4 is 0 Å². The fourth-order valence-corrected chi connectivity index (χ4v) is 2.20. The fraction of sp³-hybridized carbons (Fsp3) is 0.500. The smallest absolute Gasteiger partial charge is 0.0844 e. The van der Waals surface area contributed by atoms with Crippen LogP contribution in [0.2, 0.25) is 0 Å². The highest BCUT2D eigenvalue weighted by atomic mass is 16.3. The van der Waals surface area contributed by atoms with Gasteiger partial charge in [0.25, 0.3) is 0 Å². The summed E-state index contributed by atoms with van der Waals surface area (Å²) < 4.78 is 0. The van der Waals surface area contributed by atoms with Crippen molar-refractivity contribution in [3.8, 4) is 6.07 Å². The van der Waals surface area contributed by atoms with Crippen molar-refractivity contribution in [3.05, 3.63) is 35.4 Å². The molecule has 17 heavy (non-hydrogen) atoms. The predicted octanol–water partition coefficient (Wildman–Crippen LogP) is 2.30. The second kappa shape index (κ2) is 6.47. The van der Waals surface area contributed by atoms with Crippen LogP contribution in [0.15, 0.2) is 24.3 Å². The van der Waals surface area contributed by atoms with Crippen LogP contribution in [0, 0.1) is 11.3 Å². The second-order valence-corrected chi connectivity index (χ2v) is 4.32. The van der Waals surface area contributed by atoms with E-state index in [0.717, 1.165) is 24.0 Å². The topological polar surface area (TPSA) is 44.0 Å². The Morgan fingerprint density at radius 3 is 2.71 bits per heavy atom. The van der Waals surface area contributed by atoms with Crippen molar-refractivity contribution in [2.75, 3.05) is 6.61 Å². The second-order valence-electron chi connectivity index (χ2n) is 4.32. The van der Waals surface area contributed by atoms with Gasteiger partial charge in [-0.2, -0.15) is 5.26 Å². The molecule has 2 nitrogen and oxygen atoms in total. The third kappa shape index (κ3) is 3.11. The molecule has 2 radical (unpaired) electrons. The maximum Gasteiger partial charge on any atom is 0.0844 e. The van der Waals surface area contributed by atoms with E-state index in [1.54, 1.807) is 0 Å². The Kier molecular flexibility index (Phi) is 5.25. The molecule has 0 bridgehead atoms. The number of aliphatic hydroxyl groups excluding tert-OH is 1. The lowest BCUT2D eigenvalue weighted by Gasteiger charge is -2.26. The number of rotatable bonds is 6. The molecule has 0 spiro atoms. The van der Waals surface area contributed by atoms with Crippen LogP contribution in [0.25, 0.3) is 0 Å². The van der Waals surface area contributed by atoms with Gasteiger partial charge in [0.1, 0.15) is 0 Å². The van der Waals surface area contributed by atoms with Crippen molar-refractivity contribution < 1.29 is 5.11 Å². The van der Waals surface area contributed by atoms with E-state index in [-0.39, 0.29) is 6.61 Å². The molecule has 1 atom stereocenters. The van der Waals surface area contributed by atoms with Gasteiger partial charge in [-0.1, -0.05) is 49.5 Å². The average Bonchev–Trinajstić information content (AvgIpc) is 2.38. The van der Waals surface area contributed by atoms with Gasteiger partial charge in [0, 0.05) is 6.61 Å². The van der Waals surface area contributed by atoms with Crippen LogP contribution in [0.1, 0.15) is 37.3 Å². The normalized spacial score (nSPS) is 13.9. The minimum absolute atomic E-state index is 0.0282. The first-order valence-electron chi connectivity index (χ1n) is 6.04. The van der Waals surface area contributed by atoms with Gasteiger partial charge in [-0.15, -0.1) is 0 Å². The molecule has 1 aromatic rings. The summed E-state index contributed by atoms with van der Waals surface area (Å²) in [7, 11) is 5.62. The lowest BCUT2D eigenvalue weighted by Crippen LogP contribution is -2.25. The first-order chi connectivity index (χ1) is 8.22. The maximum absolute atomic E-state index is 9.46. The van der Waals surface area contributed by atoms with Crippen LogP contribution in [-0.4, -0.2) is 19.6 Å². The standard InChI is InChI=1S/C14H18BNO/c1-2-6-14(11-16,7-8-17)13-5-3-4-12(9-13)10-15/h3-5,9,17H,2,6-8,10H2,1H3. The zero-order valence-corrected chi connectivity index (χ0v) is 10.3. The number of nitrogens with zero attached hydrogens (tertiary/aromatic N) is 1. The lowest BCUT2D eigenvalue weighted by atomic mass is 9.75. The lowest BCUT2D eigenvalue weighted by molar-refractivity contribution is 0.252. The number of benzene rings is 1. The summed E-state index contributed by atoms with van der Waals surface area (Å²) >= 11 is 0. The molecule has 0 aliphatic heterocycles. The minimum Gasteiger partial charge on any atom is -0.396 e. The number of nitriles is 1. The molecule has 0 aliphatic carbocycles. The average molecular weight is 227 g/mol. The summed E-state index contributed by atoms with van der Waals surface area (Å²) in [5, 5.41) is 18.6. The molecular weight excluding hydrogens is 209 g/mol. The van der Waals surface area contributed by atoms with E-state index in [0.29, 0.717) is 12.7 Å². The highest BCUT2D eigenvalue weighted by Gasteiger charge is 2.30. The van der Waals surface area contributed by atoms with Crippen LogP contribution in [0.5, 0.6) is 0 Å². The van der Waals surface area contributed by atoms with Gasteiger partial charge in [-0.3, -0.25) is 0 Å². The van der Waals surface area contributed by atoms with Crippen molar-refractivity contribution in [2.45, 2.75) is 37.9 Å². The molecule has 0 aliphatic rings. The molecule has 0 aromatic heterocycles. The zero-order valence-electron chi connectivity index (χ0n) is 10.3. The molecule has 3 heteroatoms. The van der Waals surface area contributed by atoms with Gasteiger partial charge >= 0.3 is 0 Å². The van der Waals surface area contributed by atoms with E-state index >= 15 is 0 Å². The summed E-state index contributed by atoms with van der Waals surface area (Å²) in [6.07, 6.45) is 2.63. The summed E-state index contributed by atoms with van der Waals surface area (Å²) in [6.45, 7) is 2.08. The van der Waals surface area contributed by atoms with E-state index in [1.807, 2.05) is 24.3 Å². The van der Waals surface area contributed by atoms with E-state index in [9.17, 15) is 10.4 Å². The molecule has 1 N–H and O–H groups in total. The third-order valence-electron chi connectivity index (χ3n) is 3.14. The van der Waals surface area contributed by atoms with Gasteiger partial charge in [-0.25, -0.2) is 0 Å². The van der Waals surface area contributed by atoms with E-state index < -0.39 is 5.41 Å². The van der Waals surface area contributed by atoms with Crippen LogP contribution in [0.3, 0.4) is 0 Å². The summed E-state index contributed by atoms with van der Waals surface area (Å²) in [5.41, 5.74) is 1.42. The molecule has 0 saturated heterocycles.